The van der Waals surface area contributed by atoms with E-state index in [4.69, 9.17) is 11.6 Å². The molecule has 112 valence electrons. The van der Waals surface area contributed by atoms with Gasteiger partial charge in [0.05, 0.1) is 10.8 Å². The largest absolute Gasteiger partial charge is 0.311 e. The maximum atomic E-state index is 13.1. The van der Waals surface area contributed by atoms with E-state index < -0.39 is 15.8 Å². The molecule has 5 nitrogen and oxygen atoms in total. The second-order valence-corrected chi connectivity index (χ2v) is 6.57. The third kappa shape index (κ3) is 4.73. The highest BCUT2D eigenvalue weighted by atomic mass is 35.5. The van der Waals surface area contributed by atoms with Crippen molar-refractivity contribution in [2.24, 2.45) is 0 Å². The third-order valence-corrected chi connectivity index (χ3v) is 4.33. The van der Waals surface area contributed by atoms with Gasteiger partial charge < -0.3 is 4.90 Å². The van der Waals surface area contributed by atoms with Crippen LogP contribution in [0.25, 0.3) is 0 Å². The van der Waals surface area contributed by atoms with Crippen molar-refractivity contribution in [2.75, 3.05) is 23.7 Å². The lowest BCUT2D eigenvalue weighted by molar-refractivity contribution is -0.116. The number of carbonyl (C=O) groups excluding carboxylic acids is 1. The van der Waals surface area contributed by atoms with Crippen LogP contribution in [0.3, 0.4) is 0 Å². The van der Waals surface area contributed by atoms with E-state index in [0.717, 1.165) is 6.07 Å². The van der Waals surface area contributed by atoms with Gasteiger partial charge in [-0.3, -0.25) is 4.79 Å². The van der Waals surface area contributed by atoms with Crippen molar-refractivity contribution in [1.82, 2.24) is 4.72 Å². The van der Waals surface area contributed by atoms with Crippen molar-refractivity contribution in [1.29, 1.82) is 0 Å². The summed E-state index contributed by atoms with van der Waals surface area (Å²) in [5.41, 5.74) is 0.416. The molecule has 0 saturated carbocycles. The lowest BCUT2D eigenvalue weighted by Gasteiger charge is -2.21. The number of amides is 1. The summed E-state index contributed by atoms with van der Waals surface area (Å²) in [4.78, 5) is 12.9. The molecule has 0 aromatic heterocycles. The monoisotopic (exact) mass is 322 g/mol. The highest BCUT2D eigenvalue weighted by Crippen LogP contribution is 2.22. The number of hydrogen-bond donors (Lipinski definition) is 1. The maximum absolute atomic E-state index is 13.1. The molecule has 1 N–H and O–H groups in total. The zero-order chi connectivity index (χ0) is 15.3. The van der Waals surface area contributed by atoms with E-state index in [1.807, 2.05) is 0 Å². The van der Waals surface area contributed by atoms with Crippen molar-refractivity contribution >= 4 is 33.2 Å². The average Bonchev–Trinajstić information content (AvgIpc) is 2.38. The molecule has 1 amide bonds. The Morgan fingerprint density at radius 1 is 1.45 bits per heavy atom. The minimum Gasteiger partial charge on any atom is -0.311 e. The van der Waals surface area contributed by atoms with Crippen LogP contribution in [0, 0.1) is 5.82 Å². The molecule has 0 saturated heterocycles. The first-order valence-electron chi connectivity index (χ1n) is 5.97. The SMILES string of the molecule is CCS(=O)(=O)NCCN(C(C)=O)c1ccc(F)c(Cl)c1. The van der Waals surface area contributed by atoms with E-state index in [-0.39, 0.29) is 29.8 Å². The second-order valence-electron chi connectivity index (χ2n) is 4.07. The molecule has 1 aromatic rings. The highest BCUT2D eigenvalue weighted by Gasteiger charge is 2.14. The summed E-state index contributed by atoms with van der Waals surface area (Å²) in [5, 5.41) is -0.0945. The maximum Gasteiger partial charge on any atom is 0.223 e. The van der Waals surface area contributed by atoms with E-state index in [1.54, 1.807) is 0 Å². The third-order valence-electron chi connectivity index (χ3n) is 2.63. The van der Waals surface area contributed by atoms with E-state index >= 15 is 0 Å². The van der Waals surface area contributed by atoms with Crippen LogP contribution in [0.1, 0.15) is 13.8 Å². The van der Waals surface area contributed by atoms with Crippen LogP contribution < -0.4 is 9.62 Å². The molecule has 0 spiro atoms. The van der Waals surface area contributed by atoms with Gasteiger partial charge >= 0.3 is 0 Å². The fourth-order valence-corrected chi connectivity index (χ4v) is 2.32. The smallest absolute Gasteiger partial charge is 0.223 e. The zero-order valence-corrected chi connectivity index (χ0v) is 12.8. The first kappa shape index (κ1) is 16.9. The van der Waals surface area contributed by atoms with E-state index in [1.165, 1.54) is 30.9 Å². The summed E-state index contributed by atoms with van der Waals surface area (Å²) in [5.74, 6) is -0.899. The van der Waals surface area contributed by atoms with Gasteiger partial charge in [0.25, 0.3) is 0 Å². The Kier molecular flexibility index (Phi) is 5.91. The molecule has 0 fully saturated rings. The Morgan fingerprint density at radius 3 is 2.60 bits per heavy atom. The number of halogens is 2. The van der Waals surface area contributed by atoms with Gasteiger partial charge in [-0.15, -0.1) is 0 Å². The van der Waals surface area contributed by atoms with Crippen molar-refractivity contribution < 1.29 is 17.6 Å². The number of anilines is 1. The molecule has 0 atom stereocenters. The number of rotatable bonds is 6. The quantitative estimate of drug-likeness (QED) is 0.868. The number of nitrogens with zero attached hydrogens (tertiary/aromatic N) is 1. The number of hydrogen-bond acceptors (Lipinski definition) is 3. The highest BCUT2D eigenvalue weighted by molar-refractivity contribution is 7.89. The first-order valence-corrected chi connectivity index (χ1v) is 8.00. The molecule has 0 aliphatic rings. The molecule has 0 aliphatic heterocycles. The van der Waals surface area contributed by atoms with Crippen molar-refractivity contribution in [3.8, 4) is 0 Å². The van der Waals surface area contributed by atoms with E-state index in [2.05, 4.69) is 4.72 Å². The fraction of sp³-hybridized carbons (Fsp3) is 0.417. The lowest BCUT2D eigenvalue weighted by atomic mass is 10.2. The Hall–Kier alpha value is -1.18. The Morgan fingerprint density at radius 2 is 2.10 bits per heavy atom. The number of nitrogens with one attached hydrogen (secondary N) is 1. The van der Waals surface area contributed by atoms with Gasteiger partial charge in [0.1, 0.15) is 5.82 Å². The molecule has 20 heavy (non-hydrogen) atoms. The number of sulfonamides is 1. The van der Waals surface area contributed by atoms with Crippen molar-refractivity contribution in [2.45, 2.75) is 13.8 Å². The molecule has 1 aromatic carbocycles. The molecule has 0 heterocycles. The minimum atomic E-state index is -3.31. The summed E-state index contributed by atoms with van der Waals surface area (Å²) in [6.07, 6.45) is 0. The van der Waals surface area contributed by atoms with Crippen LogP contribution in [0.5, 0.6) is 0 Å². The zero-order valence-electron chi connectivity index (χ0n) is 11.2. The van der Waals surface area contributed by atoms with E-state index in [0.29, 0.717) is 5.69 Å². The summed E-state index contributed by atoms with van der Waals surface area (Å²) in [7, 11) is -3.31. The van der Waals surface area contributed by atoms with Crippen LogP contribution in [-0.4, -0.2) is 33.2 Å². The van der Waals surface area contributed by atoms with Crippen LogP contribution in [-0.2, 0) is 14.8 Å². The molecular formula is C12H16ClFN2O3S. The van der Waals surface area contributed by atoms with Gasteiger partial charge in [-0.2, -0.15) is 0 Å². The summed E-state index contributed by atoms with van der Waals surface area (Å²) < 4.78 is 38.1. The van der Waals surface area contributed by atoms with E-state index in [9.17, 15) is 17.6 Å². The fourth-order valence-electron chi connectivity index (χ4n) is 1.54. The van der Waals surface area contributed by atoms with Gasteiger partial charge in [0.2, 0.25) is 15.9 Å². The van der Waals surface area contributed by atoms with Gasteiger partial charge in [-0.25, -0.2) is 17.5 Å². The predicted molar refractivity (Wildman–Crippen MR) is 76.9 cm³/mol. The molecule has 8 heteroatoms. The van der Waals surface area contributed by atoms with Crippen LogP contribution >= 0.6 is 11.6 Å². The Balaban J connectivity index is 2.80. The van der Waals surface area contributed by atoms with Gasteiger partial charge in [-0.05, 0) is 25.1 Å². The van der Waals surface area contributed by atoms with Crippen molar-refractivity contribution in [3.63, 3.8) is 0 Å². The van der Waals surface area contributed by atoms with Crippen molar-refractivity contribution in [3.05, 3.63) is 29.0 Å². The molecule has 0 aliphatic carbocycles. The molecule has 0 radical (unpaired) electrons. The number of carbonyl (C=O) groups is 1. The van der Waals surface area contributed by atoms with Crippen LogP contribution in [0.2, 0.25) is 5.02 Å². The van der Waals surface area contributed by atoms with Crippen LogP contribution in [0.15, 0.2) is 18.2 Å². The standard InChI is InChI=1S/C12H16ClFN2O3S/c1-3-20(18,19)15-6-7-16(9(2)17)10-4-5-12(14)11(13)8-10/h4-5,8,15H,3,6-7H2,1-2H3. The minimum absolute atomic E-state index is 0.0323. The normalized spacial score (nSPS) is 11.4. The molecule has 1 rings (SSSR count). The summed E-state index contributed by atoms with van der Waals surface area (Å²) >= 11 is 5.67. The van der Waals surface area contributed by atoms with Gasteiger partial charge in [0, 0.05) is 25.7 Å². The van der Waals surface area contributed by atoms with Gasteiger partial charge in [-0.1, -0.05) is 11.6 Å². The first-order chi connectivity index (χ1) is 9.26. The Bertz CT molecular complexity index is 592. The topological polar surface area (TPSA) is 66.5 Å². The average molecular weight is 323 g/mol. The Labute approximate surface area is 122 Å². The second kappa shape index (κ2) is 7.01. The summed E-state index contributed by atoms with van der Waals surface area (Å²) in [6, 6.07) is 3.90. The lowest BCUT2D eigenvalue weighted by Crippen LogP contribution is -2.38. The molecule has 0 unspecified atom stereocenters. The van der Waals surface area contributed by atoms with Crippen LogP contribution in [0.4, 0.5) is 10.1 Å². The molecular weight excluding hydrogens is 307 g/mol. The predicted octanol–water partition coefficient (Wildman–Crippen LogP) is 1.77. The van der Waals surface area contributed by atoms with Gasteiger partial charge in [0.15, 0.2) is 0 Å². The number of benzene rings is 1. The molecule has 0 bridgehead atoms. The summed E-state index contributed by atoms with van der Waals surface area (Å²) in [6.45, 7) is 3.07.